The van der Waals surface area contributed by atoms with E-state index in [0.717, 1.165) is 37.0 Å². The van der Waals surface area contributed by atoms with Crippen LogP contribution in [0.15, 0.2) is 0 Å². The third-order valence-electron chi connectivity index (χ3n) is 10.4. The molecule has 4 aliphatic carbocycles. The molecule has 29 heavy (non-hydrogen) atoms. The lowest BCUT2D eigenvalue weighted by Gasteiger charge is -2.61. The molecule has 4 rings (SSSR count). The highest BCUT2D eigenvalue weighted by atomic mass is 16.5. The first-order valence-corrected chi connectivity index (χ1v) is 12.1. The van der Waals surface area contributed by atoms with Crippen LogP contribution in [0.3, 0.4) is 0 Å². The van der Waals surface area contributed by atoms with E-state index in [4.69, 9.17) is 9.84 Å². The number of carboxylic acid groups (broad SMARTS) is 1. The molecule has 0 aromatic carbocycles. The predicted octanol–water partition coefficient (Wildman–Crippen LogP) is 5.69. The summed E-state index contributed by atoms with van der Waals surface area (Å²) in [5.41, 5.74) is 0.820. The summed E-state index contributed by atoms with van der Waals surface area (Å²) < 4.78 is 5.36. The highest BCUT2D eigenvalue weighted by Crippen LogP contribution is 2.68. The number of rotatable bonds is 6. The Kier molecular flexibility index (Phi) is 5.76. The van der Waals surface area contributed by atoms with Crippen molar-refractivity contribution in [1.29, 1.82) is 0 Å². The van der Waals surface area contributed by atoms with Crippen molar-refractivity contribution in [3.8, 4) is 0 Å². The van der Waals surface area contributed by atoms with Gasteiger partial charge in [-0.15, -0.1) is 0 Å². The molecule has 1 N–H and O–H groups in total. The Morgan fingerprint density at radius 1 is 1.07 bits per heavy atom. The molecule has 4 fully saturated rings. The number of carbonyl (C=O) groups excluding carboxylic acids is 1. The molecule has 4 saturated carbocycles. The maximum atomic E-state index is 11.1. The van der Waals surface area contributed by atoms with Gasteiger partial charge in [-0.25, -0.2) is 0 Å². The number of hydrogen-bond acceptors (Lipinski definition) is 3. The minimum absolute atomic E-state index is 0.141. The lowest BCUT2D eigenvalue weighted by molar-refractivity contribution is -0.151. The Morgan fingerprint density at radius 2 is 1.79 bits per heavy atom. The van der Waals surface area contributed by atoms with Gasteiger partial charge in [-0.1, -0.05) is 20.8 Å². The van der Waals surface area contributed by atoms with Crippen molar-refractivity contribution in [1.82, 2.24) is 0 Å². The molecule has 0 unspecified atom stereocenters. The van der Waals surface area contributed by atoms with Crippen molar-refractivity contribution in [2.75, 3.05) is 0 Å². The van der Waals surface area contributed by atoms with Gasteiger partial charge in [0.05, 0.1) is 0 Å². The fraction of sp³-hybridized carbons (Fsp3) is 0.920. The molecule has 0 spiro atoms. The minimum Gasteiger partial charge on any atom is -0.481 e. The SMILES string of the molecule is C[C@H](CCC(=O)O)[C@H]1CC[C@H]2[C@@H]3CC[C@@H]4C[C@H](OC=O)CC[C@]4(C)[C@H]3CC[C@]12C. The van der Waals surface area contributed by atoms with E-state index in [1.165, 1.54) is 44.9 Å². The van der Waals surface area contributed by atoms with Gasteiger partial charge in [-0.3, -0.25) is 9.59 Å². The standard InChI is InChI=1S/C25H40O4/c1-16(4-9-23(27)28)20-7-8-21-19-6-5-17-14-18(29-15-26)10-12-24(17,2)22(19)11-13-25(20,21)3/h15-22H,4-14H2,1-3H3,(H,27,28)/t16-,17-,18-,19+,20-,21+,22+,24+,25-/m1/s1. The Hall–Kier alpha value is -1.06. The normalized spacial score (nSPS) is 47.4. The second-order valence-corrected chi connectivity index (χ2v) is 11.4. The lowest BCUT2D eigenvalue weighted by atomic mass is 9.44. The molecule has 4 nitrogen and oxygen atoms in total. The van der Waals surface area contributed by atoms with Crippen LogP contribution in [-0.2, 0) is 14.3 Å². The van der Waals surface area contributed by atoms with Crippen LogP contribution in [0.1, 0.15) is 91.4 Å². The molecule has 0 heterocycles. The third-order valence-corrected chi connectivity index (χ3v) is 10.4. The predicted molar refractivity (Wildman–Crippen MR) is 112 cm³/mol. The molecule has 9 atom stereocenters. The Labute approximate surface area is 176 Å². The highest BCUT2D eigenvalue weighted by molar-refractivity contribution is 5.66. The van der Waals surface area contributed by atoms with Crippen molar-refractivity contribution in [2.45, 2.75) is 97.5 Å². The van der Waals surface area contributed by atoms with E-state index in [1.54, 1.807) is 0 Å². The van der Waals surface area contributed by atoms with Crippen LogP contribution in [0.25, 0.3) is 0 Å². The molecule has 4 heteroatoms. The maximum absolute atomic E-state index is 11.1. The summed E-state index contributed by atoms with van der Waals surface area (Å²) in [4.78, 5) is 21.9. The first-order chi connectivity index (χ1) is 13.8. The van der Waals surface area contributed by atoms with Crippen molar-refractivity contribution < 1.29 is 19.4 Å². The zero-order valence-electron chi connectivity index (χ0n) is 18.6. The van der Waals surface area contributed by atoms with E-state index >= 15 is 0 Å². The highest BCUT2D eigenvalue weighted by Gasteiger charge is 2.60. The number of aliphatic carboxylic acids is 1. The lowest BCUT2D eigenvalue weighted by Crippen LogP contribution is -2.54. The van der Waals surface area contributed by atoms with Crippen molar-refractivity contribution in [3.63, 3.8) is 0 Å². The van der Waals surface area contributed by atoms with E-state index in [2.05, 4.69) is 20.8 Å². The van der Waals surface area contributed by atoms with Gasteiger partial charge < -0.3 is 9.84 Å². The molecule has 0 aromatic heterocycles. The molecule has 0 aliphatic heterocycles. The summed E-state index contributed by atoms with van der Waals surface area (Å²) in [5.74, 6) is 3.75. The van der Waals surface area contributed by atoms with Crippen LogP contribution in [-0.4, -0.2) is 23.7 Å². The monoisotopic (exact) mass is 404 g/mol. The fourth-order valence-corrected chi connectivity index (χ4v) is 8.95. The Balaban J connectivity index is 1.48. The summed E-state index contributed by atoms with van der Waals surface area (Å²) in [7, 11) is 0. The van der Waals surface area contributed by atoms with E-state index < -0.39 is 5.97 Å². The molecule has 0 saturated heterocycles. The number of hydrogen-bond donors (Lipinski definition) is 1. The second-order valence-electron chi connectivity index (χ2n) is 11.4. The van der Waals surface area contributed by atoms with Gasteiger partial charge in [-0.05, 0) is 111 Å². The quantitative estimate of drug-likeness (QED) is 0.578. The Bertz CT molecular complexity index is 632. The molecule has 0 radical (unpaired) electrons. The van der Waals surface area contributed by atoms with Crippen LogP contribution in [0.2, 0.25) is 0 Å². The van der Waals surface area contributed by atoms with Crippen LogP contribution in [0.5, 0.6) is 0 Å². The van der Waals surface area contributed by atoms with Gasteiger partial charge >= 0.3 is 5.97 Å². The Morgan fingerprint density at radius 3 is 2.52 bits per heavy atom. The number of carbonyl (C=O) groups is 2. The topological polar surface area (TPSA) is 63.6 Å². The number of carboxylic acids is 1. The minimum atomic E-state index is -0.652. The first-order valence-electron chi connectivity index (χ1n) is 12.1. The van der Waals surface area contributed by atoms with Gasteiger partial charge in [0.25, 0.3) is 6.47 Å². The van der Waals surface area contributed by atoms with Crippen molar-refractivity contribution in [2.24, 2.45) is 46.3 Å². The smallest absolute Gasteiger partial charge is 0.303 e. The summed E-state index contributed by atoms with van der Waals surface area (Å²) >= 11 is 0. The summed E-state index contributed by atoms with van der Waals surface area (Å²) in [6.45, 7) is 8.05. The van der Waals surface area contributed by atoms with Gasteiger partial charge in [0, 0.05) is 6.42 Å². The van der Waals surface area contributed by atoms with E-state index in [9.17, 15) is 9.59 Å². The molecule has 0 aromatic rings. The summed E-state index contributed by atoms with van der Waals surface area (Å²) in [6, 6.07) is 0. The molecular weight excluding hydrogens is 364 g/mol. The third kappa shape index (κ3) is 3.53. The van der Waals surface area contributed by atoms with E-state index in [1.807, 2.05) is 0 Å². The number of ether oxygens (including phenoxy) is 1. The van der Waals surface area contributed by atoms with Crippen molar-refractivity contribution in [3.05, 3.63) is 0 Å². The van der Waals surface area contributed by atoms with Crippen LogP contribution in [0, 0.1) is 46.3 Å². The zero-order valence-corrected chi connectivity index (χ0v) is 18.6. The molecule has 164 valence electrons. The average molecular weight is 405 g/mol. The average Bonchev–Trinajstić information content (AvgIpc) is 3.04. The molecule has 0 bridgehead atoms. The van der Waals surface area contributed by atoms with Gasteiger partial charge in [0.15, 0.2) is 0 Å². The largest absolute Gasteiger partial charge is 0.481 e. The van der Waals surface area contributed by atoms with Gasteiger partial charge in [0.1, 0.15) is 6.10 Å². The van der Waals surface area contributed by atoms with Gasteiger partial charge in [0.2, 0.25) is 0 Å². The summed E-state index contributed by atoms with van der Waals surface area (Å²) in [6.07, 6.45) is 12.5. The van der Waals surface area contributed by atoms with E-state index in [0.29, 0.717) is 41.5 Å². The second kappa shape index (κ2) is 7.89. The van der Waals surface area contributed by atoms with Gasteiger partial charge in [-0.2, -0.15) is 0 Å². The molecule has 4 aliphatic rings. The zero-order chi connectivity index (χ0) is 20.8. The van der Waals surface area contributed by atoms with Crippen LogP contribution >= 0.6 is 0 Å². The van der Waals surface area contributed by atoms with Crippen LogP contribution < -0.4 is 0 Å². The first kappa shape index (κ1) is 21.2. The van der Waals surface area contributed by atoms with E-state index in [-0.39, 0.29) is 6.10 Å². The molecular formula is C25H40O4. The fourth-order valence-electron chi connectivity index (χ4n) is 8.95. The number of fused-ring (bicyclic) bond motifs is 5. The van der Waals surface area contributed by atoms with Crippen LogP contribution in [0.4, 0.5) is 0 Å². The molecule has 0 amide bonds. The maximum Gasteiger partial charge on any atom is 0.303 e. The summed E-state index contributed by atoms with van der Waals surface area (Å²) in [5, 5.41) is 9.12. The van der Waals surface area contributed by atoms with Crippen molar-refractivity contribution >= 4 is 12.4 Å².